The summed E-state index contributed by atoms with van der Waals surface area (Å²) in [5.74, 6) is 2.22. The van der Waals surface area contributed by atoms with Crippen molar-refractivity contribution in [2.75, 3.05) is 0 Å². The molecule has 110 valence electrons. The van der Waals surface area contributed by atoms with E-state index in [0.29, 0.717) is 5.92 Å². The van der Waals surface area contributed by atoms with E-state index in [-0.39, 0.29) is 23.3 Å². The summed E-state index contributed by atoms with van der Waals surface area (Å²) in [6, 6.07) is 3.76. The Labute approximate surface area is 121 Å². The van der Waals surface area contributed by atoms with Crippen LogP contribution in [0.15, 0.2) is 28.2 Å². The van der Waals surface area contributed by atoms with Crippen LogP contribution in [0.4, 0.5) is 0 Å². The predicted octanol–water partition coefficient (Wildman–Crippen LogP) is 4.00. The van der Waals surface area contributed by atoms with E-state index >= 15 is 0 Å². The Morgan fingerprint density at radius 1 is 1.40 bits per heavy atom. The fraction of sp³-hybridized carbons (Fsp3) is 0.588. The van der Waals surface area contributed by atoms with Gasteiger partial charge in [0.1, 0.15) is 11.5 Å². The quantitative estimate of drug-likeness (QED) is 0.844. The van der Waals surface area contributed by atoms with Gasteiger partial charge in [-0.05, 0) is 51.2 Å². The van der Waals surface area contributed by atoms with Crippen molar-refractivity contribution in [3.8, 4) is 0 Å². The second-order valence-electron chi connectivity index (χ2n) is 6.75. The summed E-state index contributed by atoms with van der Waals surface area (Å²) in [5.41, 5.74) is 1.33. The highest BCUT2D eigenvalue weighted by Gasteiger charge is 2.60. The zero-order valence-electron chi connectivity index (χ0n) is 13.3. The molecular formula is C17H25NO2. The average molecular weight is 275 g/mol. The van der Waals surface area contributed by atoms with Crippen molar-refractivity contribution in [2.24, 2.45) is 17.3 Å². The maximum absolute atomic E-state index is 12.4. The highest BCUT2D eigenvalue weighted by atomic mass is 16.3. The first-order valence-corrected chi connectivity index (χ1v) is 7.25. The van der Waals surface area contributed by atoms with Crippen molar-refractivity contribution >= 4 is 5.91 Å². The summed E-state index contributed by atoms with van der Waals surface area (Å²) in [6.07, 6.45) is 2.21. The van der Waals surface area contributed by atoms with Crippen LogP contribution in [0.25, 0.3) is 0 Å². The third kappa shape index (κ3) is 2.82. The van der Waals surface area contributed by atoms with Crippen molar-refractivity contribution in [1.29, 1.82) is 0 Å². The molecule has 0 bridgehead atoms. The van der Waals surface area contributed by atoms with Gasteiger partial charge < -0.3 is 9.73 Å². The molecule has 1 saturated carbocycles. The topological polar surface area (TPSA) is 42.2 Å². The fourth-order valence-corrected chi connectivity index (χ4v) is 2.91. The van der Waals surface area contributed by atoms with Gasteiger partial charge in [-0.1, -0.05) is 25.5 Å². The maximum Gasteiger partial charge on any atom is 0.224 e. The summed E-state index contributed by atoms with van der Waals surface area (Å²) in [4.78, 5) is 12.4. The van der Waals surface area contributed by atoms with E-state index in [1.807, 2.05) is 26.0 Å². The van der Waals surface area contributed by atoms with Crippen LogP contribution in [0.5, 0.6) is 0 Å². The molecular weight excluding hydrogens is 250 g/mol. The van der Waals surface area contributed by atoms with Gasteiger partial charge in [0.15, 0.2) is 0 Å². The summed E-state index contributed by atoms with van der Waals surface area (Å²) in [7, 11) is 0. The molecule has 0 radical (unpaired) electrons. The highest BCUT2D eigenvalue weighted by Crippen LogP contribution is 2.59. The molecule has 1 aliphatic rings. The number of hydrogen-bond acceptors (Lipinski definition) is 2. The average Bonchev–Trinajstić information content (AvgIpc) is 2.69. The molecule has 0 aromatic carbocycles. The molecule has 3 unspecified atom stereocenters. The zero-order valence-corrected chi connectivity index (χ0v) is 13.3. The number of amides is 1. The van der Waals surface area contributed by atoms with E-state index in [1.165, 1.54) is 5.57 Å². The first kappa shape index (κ1) is 14.9. The molecule has 3 heteroatoms. The van der Waals surface area contributed by atoms with Gasteiger partial charge in [0, 0.05) is 0 Å². The molecule has 1 N–H and O–H groups in total. The molecule has 1 amide bonds. The Balaban J connectivity index is 2.01. The summed E-state index contributed by atoms with van der Waals surface area (Å²) in [6.45, 7) is 12.3. The first-order valence-electron chi connectivity index (χ1n) is 7.25. The monoisotopic (exact) mass is 275 g/mol. The van der Waals surface area contributed by atoms with Gasteiger partial charge in [0.05, 0.1) is 12.0 Å². The van der Waals surface area contributed by atoms with Crippen molar-refractivity contribution in [3.05, 3.63) is 35.3 Å². The number of aryl methyl sites for hydroxylation is 1. The van der Waals surface area contributed by atoms with E-state index in [4.69, 9.17) is 4.42 Å². The molecule has 1 aromatic rings. The minimum atomic E-state index is -0.0834. The Kier molecular flexibility index (Phi) is 3.81. The smallest absolute Gasteiger partial charge is 0.224 e. The zero-order chi connectivity index (χ0) is 15.1. The highest BCUT2D eigenvalue weighted by molar-refractivity contribution is 5.84. The van der Waals surface area contributed by atoms with E-state index in [2.05, 4.69) is 39.1 Å². The lowest BCUT2D eigenvalue weighted by atomic mass is 10.1. The number of rotatable bonds is 4. The minimum absolute atomic E-state index is 0.0557. The summed E-state index contributed by atoms with van der Waals surface area (Å²) < 4.78 is 5.56. The van der Waals surface area contributed by atoms with Crippen molar-refractivity contribution in [3.63, 3.8) is 0 Å². The predicted molar refractivity (Wildman–Crippen MR) is 80.2 cm³/mol. The molecule has 20 heavy (non-hydrogen) atoms. The van der Waals surface area contributed by atoms with Gasteiger partial charge >= 0.3 is 0 Å². The summed E-state index contributed by atoms with van der Waals surface area (Å²) in [5, 5.41) is 3.07. The lowest BCUT2D eigenvalue weighted by Crippen LogP contribution is -2.29. The molecule has 1 aromatic heterocycles. The van der Waals surface area contributed by atoms with Crippen LogP contribution in [0, 0.1) is 24.2 Å². The lowest BCUT2D eigenvalue weighted by Gasteiger charge is -2.12. The van der Waals surface area contributed by atoms with Crippen LogP contribution in [0.1, 0.15) is 52.2 Å². The maximum atomic E-state index is 12.4. The Morgan fingerprint density at radius 2 is 2.05 bits per heavy atom. The molecule has 1 fully saturated rings. The van der Waals surface area contributed by atoms with Crippen molar-refractivity contribution in [1.82, 2.24) is 5.32 Å². The molecule has 3 nitrogen and oxygen atoms in total. The minimum Gasteiger partial charge on any atom is -0.464 e. The Bertz CT molecular complexity index is 535. The Morgan fingerprint density at radius 3 is 2.55 bits per heavy atom. The van der Waals surface area contributed by atoms with E-state index in [0.717, 1.165) is 11.5 Å². The SMILES string of the molecule is CC(C)=CC1C(C(=O)NC(C)c2ccc(C)o2)C1(C)C. The second kappa shape index (κ2) is 5.12. The van der Waals surface area contributed by atoms with Crippen LogP contribution < -0.4 is 5.32 Å². The van der Waals surface area contributed by atoms with E-state index < -0.39 is 0 Å². The molecule has 3 atom stereocenters. The number of nitrogens with one attached hydrogen (secondary N) is 1. The molecule has 1 aliphatic carbocycles. The molecule has 0 spiro atoms. The fourth-order valence-electron chi connectivity index (χ4n) is 2.91. The van der Waals surface area contributed by atoms with Crippen LogP contribution in [0.3, 0.4) is 0 Å². The van der Waals surface area contributed by atoms with Gasteiger partial charge in [-0.3, -0.25) is 4.79 Å². The number of carbonyl (C=O) groups is 1. The number of hydrogen-bond donors (Lipinski definition) is 1. The van der Waals surface area contributed by atoms with Gasteiger partial charge in [-0.15, -0.1) is 0 Å². The van der Waals surface area contributed by atoms with E-state index in [1.54, 1.807) is 0 Å². The van der Waals surface area contributed by atoms with E-state index in [9.17, 15) is 4.79 Å². The van der Waals surface area contributed by atoms with Crippen LogP contribution in [-0.4, -0.2) is 5.91 Å². The molecule has 2 rings (SSSR count). The lowest BCUT2D eigenvalue weighted by molar-refractivity contribution is -0.123. The third-order valence-electron chi connectivity index (χ3n) is 4.25. The number of allylic oxidation sites excluding steroid dienone is 2. The second-order valence-corrected chi connectivity index (χ2v) is 6.75. The summed E-state index contributed by atoms with van der Waals surface area (Å²) >= 11 is 0. The standard InChI is InChI=1S/C17H25NO2/c1-10(2)9-13-15(17(13,5)6)16(19)18-12(4)14-8-7-11(3)20-14/h7-9,12-13,15H,1-6H3,(H,18,19). The number of furan rings is 1. The molecule has 1 heterocycles. The van der Waals surface area contributed by atoms with Gasteiger partial charge in [0.2, 0.25) is 5.91 Å². The van der Waals surface area contributed by atoms with Crippen molar-refractivity contribution in [2.45, 2.75) is 47.6 Å². The largest absolute Gasteiger partial charge is 0.464 e. The van der Waals surface area contributed by atoms with Crippen LogP contribution in [-0.2, 0) is 4.79 Å². The normalized spacial score (nSPS) is 24.9. The molecule has 0 aliphatic heterocycles. The van der Waals surface area contributed by atoms with Gasteiger partial charge in [-0.25, -0.2) is 0 Å². The van der Waals surface area contributed by atoms with Gasteiger partial charge in [-0.2, -0.15) is 0 Å². The van der Waals surface area contributed by atoms with Crippen LogP contribution in [0.2, 0.25) is 0 Å². The van der Waals surface area contributed by atoms with Crippen LogP contribution >= 0.6 is 0 Å². The van der Waals surface area contributed by atoms with Crippen molar-refractivity contribution < 1.29 is 9.21 Å². The number of carbonyl (C=O) groups excluding carboxylic acids is 1. The molecule has 0 saturated heterocycles. The van der Waals surface area contributed by atoms with Gasteiger partial charge in [0.25, 0.3) is 0 Å². The Hall–Kier alpha value is -1.51. The first-order chi connectivity index (χ1) is 9.23. The third-order valence-corrected chi connectivity index (χ3v) is 4.25.